The highest BCUT2D eigenvalue weighted by molar-refractivity contribution is 5.85. The van der Waals surface area contributed by atoms with Gasteiger partial charge in [0.15, 0.2) is 0 Å². The fourth-order valence-electron chi connectivity index (χ4n) is 1.58. The molecule has 0 aliphatic carbocycles. The predicted molar refractivity (Wildman–Crippen MR) is 62.1 cm³/mol. The van der Waals surface area contributed by atoms with E-state index in [4.69, 9.17) is 9.47 Å². The first-order chi connectivity index (χ1) is 6.88. The number of rotatable bonds is 3. The molecule has 0 spiro atoms. The first kappa shape index (κ1) is 12.1. The molecule has 1 heterocycles. The second kappa shape index (κ2) is 5.83. The minimum atomic E-state index is 0. The van der Waals surface area contributed by atoms with Crippen LogP contribution in [0.1, 0.15) is 6.42 Å². The zero-order valence-electron chi connectivity index (χ0n) is 8.73. The summed E-state index contributed by atoms with van der Waals surface area (Å²) < 4.78 is 10.8. The van der Waals surface area contributed by atoms with Crippen molar-refractivity contribution in [1.29, 1.82) is 0 Å². The number of ether oxygens (including phenoxy) is 2. The molecular weight excluding hydrogens is 214 g/mol. The fourth-order valence-corrected chi connectivity index (χ4v) is 1.58. The van der Waals surface area contributed by atoms with Crippen LogP contribution in [0, 0.1) is 0 Å². The lowest BCUT2D eigenvalue weighted by atomic mass is 10.3. The molecule has 1 aromatic rings. The Morgan fingerprint density at radius 2 is 1.87 bits per heavy atom. The molecule has 0 unspecified atom stereocenters. The van der Waals surface area contributed by atoms with Gasteiger partial charge in [-0.2, -0.15) is 0 Å². The molecular formula is C11H16ClNO2. The normalized spacial score (nSPS) is 19.4. The second-order valence-electron chi connectivity index (χ2n) is 3.41. The van der Waals surface area contributed by atoms with Crippen molar-refractivity contribution in [3.63, 3.8) is 0 Å². The summed E-state index contributed by atoms with van der Waals surface area (Å²) in [4.78, 5) is 0. The topological polar surface area (TPSA) is 30.5 Å². The van der Waals surface area contributed by atoms with Crippen molar-refractivity contribution in [3.05, 3.63) is 24.3 Å². The molecule has 4 heteroatoms. The van der Waals surface area contributed by atoms with Crippen molar-refractivity contribution in [2.75, 3.05) is 20.2 Å². The van der Waals surface area contributed by atoms with Crippen LogP contribution in [0.2, 0.25) is 0 Å². The molecule has 0 amide bonds. The van der Waals surface area contributed by atoms with Gasteiger partial charge in [0.05, 0.1) is 7.11 Å². The highest BCUT2D eigenvalue weighted by Gasteiger charge is 2.15. The van der Waals surface area contributed by atoms with Crippen LogP contribution in [0.4, 0.5) is 0 Å². The number of methoxy groups -OCH3 is 1. The minimum absolute atomic E-state index is 0. The van der Waals surface area contributed by atoms with E-state index < -0.39 is 0 Å². The van der Waals surface area contributed by atoms with Gasteiger partial charge >= 0.3 is 0 Å². The summed E-state index contributed by atoms with van der Waals surface area (Å²) in [5.41, 5.74) is 0. The molecule has 1 saturated heterocycles. The van der Waals surface area contributed by atoms with E-state index in [9.17, 15) is 0 Å². The number of nitrogens with one attached hydrogen (secondary N) is 1. The first-order valence-corrected chi connectivity index (χ1v) is 4.90. The molecule has 15 heavy (non-hydrogen) atoms. The summed E-state index contributed by atoms with van der Waals surface area (Å²) in [7, 11) is 1.66. The Kier molecular flexibility index (Phi) is 4.72. The summed E-state index contributed by atoms with van der Waals surface area (Å²) in [5.74, 6) is 1.78. The average molecular weight is 230 g/mol. The summed E-state index contributed by atoms with van der Waals surface area (Å²) >= 11 is 0. The second-order valence-corrected chi connectivity index (χ2v) is 3.41. The third-order valence-corrected chi connectivity index (χ3v) is 2.38. The molecule has 0 radical (unpaired) electrons. The SMILES string of the molecule is COc1ccc(O[C@H]2CCNC2)cc1.Cl. The molecule has 0 aromatic heterocycles. The molecule has 0 bridgehead atoms. The van der Waals surface area contributed by atoms with E-state index in [0.717, 1.165) is 31.0 Å². The molecule has 1 atom stereocenters. The Balaban J connectivity index is 0.00000112. The Hall–Kier alpha value is -0.930. The lowest BCUT2D eigenvalue weighted by molar-refractivity contribution is 0.223. The highest BCUT2D eigenvalue weighted by Crippen LogP contribution is 2.19. The van der Waals surface area contributed by atoms with Crippen molar-refractivity contribution >= 4 is 12.4 Å². The third kappa shape index (κ3) is 3.29. The summed E-state index contributed by atoms with van der Waals surface area (Å²) in [6, 6.07) is 7.71. The van der Waals surface area contributed by atoms with E-state index in [2.05, 4.69) is 5.32 Å². The lowest BCUT2D eigenvalue weighted by Gasteiger charge is -2.12. The average Bonchev–Trinajstić information content (AvgIpc) is 2.72. The van der Waals surface area contributed by atoms with Gasteiger partial charge in [-0.1, -0.05) is 0 Å². The van der Waals surface area contributed by atoms with Crippen molar-refractivity contribution < 1.29 is 9.47 Å². The summed E-state index contributed by atoms with van der Waals surface area (Å²) in [6.45, 7) is 2.01. The summed E-state index contributed by atoms with van der Waals surface area (Å²) in [5, 5.41) is 3.27. The number of benzene rings is 1. The highest BCUT2D eigenvalue weighted by atomic mass is 35.5. The largest absolute Gasteiger partial charge is 0.497 e. The van der Waals surface area contributed by atoms with Crippen LogP contribution in [0.15, 0.2) is 24.3 Å². The minimum Gasteiger partial charge on any atom is -0.497 e. The van der Waals surface area contributed by atoms with Gasteiger partial charge in [-0.05, 0) is 37.2 Å². The van der Waals surface area contributed by atoms with E-state index in [-0.39, 0.29) is 12.4 Å². The maximum Gasteiger partial charge on any atom is 0.120 e. The molecule has 3 nitrogen and oxygen atoms in total. The van der Waals surface area contributed by atoms with Gasteiger partial charge in [0.2, 0.25) is 0 Å². The maximum absolute atomic E-state index is 5.76. The smallest absolute Gasteiger partial charge is 0.120 e. The Morgan fingerprint density at radius 3 is 2.40 bits per heavy atom. The van der Waals surface area contributed by atoms with Crippen LogP contribution in [0.5, 0.6) is 11.5 Å². The van der Waals surface area contributed by atoms with Crippen LogP contribution in [-0.2, 0) is 0 Å². The van der Waals surface area contributed by atoms with E-state index in [1.54, 1.807) is 7.11 Å². The van der Waals surface area contributed by atoms with E-state index in [1.807, 2.05) is 24.3 Å². The molecule has 1 fully saturated rings. The molecule has 2 rings (SSSR count). The van der Waals surface area contributed by atoms with Gasteiger partial charge in [0.1, 0.15) is 17.6 Å². The standard InChI is InChI=1S/C11H15NO2.ClH/c1-13-9-2-4-10(5-3-9)14-11-6-7-12-8-11;/h2-5,11-12H,6-8H2,1H3;1H/t11-;/m0./s1. The van der Waals surface area contributed by atoms with Crippen molar-refractivity contribution in [1.82, 2.24) is 5.32 Å². The summed E-state index contributed by atoms with van der Waals surface area (Å²) in [6.07, 6.45) is 1.41. The molecule has 1 N–H and O–H groups in total. The van der Waals surface area contributed by atoms with Crippen LogP contribution in [0.25, 0.3) is 0 Å². The van der Waals surface area contributed by atoms with Crippen LogP contribution in [0.3, 0.4) is 0 Å². The Labute approximate surface area is 96.2 Å². The van der Waals surface area contributed by atoms with Gasteiger partial charge in [-0.15, -0.1) is 12.4 Å². The van der Waals surface area contributed by atoms with Gasteiger partial charge < -0.3 is 14.8 Å². The molecule has 0 saturated carbocycles. The Morgan fingerprint density at radius 1 is 1.20 bits per heavy atom. The maximum atomic E-state index is 5.76. The van der Waals surface area contributed by atoms with Crippen molar-refractivity contribution in [2.24, 2.45) is 0 Å². The van der Waals surface area contributed by atoms with Crippen LogP contribution >= 0.6 is 12.4 Å². The monoisotopic (exact) mass is 229 g/mol. The van der Waals surface area contributed by atoms with Gasteiger partial charge in [-0.25, -0.2) is 0 Å². The quantitative estimate of drug-likeness (QED) is 0.858. The number of halogens is 1. The first-order valence-electron chi connectivity index (χ1n) is 4.90. The van der Waals surface area contributed by atoms with E-state index >= 15 is 0 Å². The molecule has 1 aliphatic rings. The molecule has 1 aromatic carbocycles. The molecule has 1 aliphatic heterocycles. The number of hydrogen-bond acceptors (Lipinski definition) is 3. The van der Waals surface area contributed by atoms with E-state index in [0.29, 0.717) is 6.10 Å². The van der Waals surface area contributed by atoms with Crippen LogP contribution in [-0.4, -0.2) is 26.3 Å². The van der Waals surface area contributed by atoms with Crippen molar-refractivity contribution in [3.8, 4) is 11.5 Å². The van der Waals surface area contributed by atoms with Crippen LogP contribution < -0.4 is 14.8 Å². The number of hydrogen-bond donors (Lipinski definition) is 1. The van der Waals surface area contributed by atoms with E-state index in [1.165, 1.54) is 0 Å². The van der Waals surface area contributed by atoms with Crippen molar-refractivity contribution in [2.45, 2.75) is 12.5 Å². The zero-order valence-corrected chi connectivity index (χ0v) is 9.55. The molecule has 84 valence electrons. The van der Waals surface area contributed by atoms with Gasteiger partial charge in [0, 0.05) is 6.54 Å². The lowest BCUT2D eigenvalue weighted by Crippen LogP contribution is -2.19. The van der Waals surface area contributed by atoms with Gasteiger partial charge in [0.25, 0.3) is 0 Å². The predicted octanol–water partition coefficient (Wildman–Crippen LogP) is 1.86. The fraction of sp³-hybridized carbons (Fsp3) is 0.455. The zero-order chi connectivity index (χ0) is 9.80. The van der Waals surface area contributed by atoms with Gasteiger partial charge in [-0.3, -0.25) is 0 Å². The third-order valence-electron chi connectivity index (χ3n) is 2.38. The Bertz CT molecular complexity index is 283.